The summed E-state index contributed by atoms with van der Waals surface area (Å²) in [5, 5.41) is 12.8. The highest BCUT2D eigenvalue weighted by atomic mass is 16.6. The number of nitrogens with one attached hydrogen (secondary N) is 1. The third-order valence-corrected chi connectivity index (χ3v) is 7.40. The Bertz CT molecular complexity index is 939. The number of aromatic amines is 1. The Labute approximate surface area is 151 Å². The van der Waals surface area contributed by atoms with Crippen molar-refractivity contribution in [2.24, 2.45) is 11.8 Å². The van der Waals surface area contributed by atoms with Crippen LogP contribution in [0.4, 0.5) is 0 Å². The van der Waals surface area contributed by atoms with Crippen molar-refractivity contribution in [1.82, 2.24) is 9.88 Å². The molecule has 0 spiro atoms. The van der Waals surface area contributed by atoms with E-state index >= 15 is 0 Å². The summed E-state index contributed by atoms with van der Waals surface area (Å²) in [6.07, 6.45) is 1.61. The van der Waals surface area contributed by atoms with Crippen LogP contribution >= 0.6 is 0 Å². The first kappa shape index (κ1) is 15.2. The van der Waals surface area contributed by atoms with E-state index in [4.69, 9.17) is 9.47 Å². The molecule has 3 fully saturated rings. The van der Waals surface area contributed by atoms with Crippen molar-refractivity contribution in [2.45, 2.75) is 30.1 Å². The minimum absolute atomic E-state index is 0.0259. The topological polar surface area (TPSA) is 74.8 Å². The summed E-state index contributed by atoms with van der Waals surface area (Å²) < 4.78 is 11.3. The molecule has 6 rings (SSSR count). The monoisotopic (exact) mass is 354 g/mol. The van der Waals surface area contributed by atoms with Gasteiger partial charge in [0.25, 0.3) is 0 Å². The van der Waals surface area contributed by atoms with Crippen LogP contribution < -0.4 is 0 Å². The van der Waals surface area contributed by atoms with Crippen LogP contribution in [-0.4, -0.2) is 53.6 Å². The van der Waals surface area contributed by atoms with E-state index in [1.54, 1.807) is 0 Å². The summed E-state index contributed by atoms with van der Waals surface area (Å²) in [7, 11) is 1.43. The fraction of sp³-hybridized carbons (Fsp3) is 0.550. The standard InChI is InChI=1S/C20H22N2O4/c1-25-18(23)19-10-26-20(24)12-6-8-22(9-7-14(19)20)16(12)15-11-4-2-3-5-13(11)21-17(15)19/h2-5,12,14,16,21,24H,6-10H2,1H3/t12-,14-,16-,19-,20+/m0/s1. The maximum Gasteiger partial charge on any atom is 0.320 e. The average molecular weight is 354 g/mol. The van der Waals surface area contributed by atoms with E-state index in [1.807, 2.05) is 12.1 Å². The first-order valence-corrected chi connectivity index (χ1v) is 9.41. The maximum absolute atomic E-state index is 13.1. The summed E-state index contributed by atoms with van der Waals surface area (Å²) >= 11 is 0. The van der Waals surface area contributed by atoms with Crippen LogP contribution in [0.5, 0.6) is 0 Å². The molecular formula is C20H22N2O4. The molecule has 6 nitrogen and oxygen atoms in total. The largest absolute Gasteiger partial charge is 0.468 e. The van der Waals surface area contributed by atoms with Crippen LogP contribution in [0.25, 0.3) is 10.9 Å². The zero-order valence-electron chi connectivity index (χ0n) is 14.7. The number of fused-ring (bicyclic) bond motifs is 4. The van der Waals surface area contributed by atoms with Gasteiger partial charge in [-0.25, -0.2) is 0 Å². The zero-order chi connectivity index (χ0) is 17.7. The van der Waals surface area contributed by atoms with E-state index < -0.39 is 11.2 Å². The number of carbonyl (C=O) groups is 1. The van der Waals surface area contributed by atoms with Gasteiger partial charge in [0, 0.05) is 34.5 Å². The molecule has 4 heterocycles. The van der Waals surface area contributed by atoms with Gasteiger partial charge in [0.05, 0.1) is 13.7 Å². The maximum atomic E-state index is 13.1. The van der Waals surface area contributed by atoms with Gasteiger partial charge in [-0.15, -0.1) is 0 Å². The molecule has 2 N–H and O–H groups in total. The molecule has 6 bridgehead atoms. The Morgan fingerprint density at radius 3 is 3.00 bits per heavy atom. The highest BCUT2D eigenvalue weighted by Crippen LogP contribution is 2.63. The average Bonchev–Trinajstić information content (AvgIpc) is 3.26. The van der Waals surface area contributed by atoms with Crippen LogP contribution in [0.1, 0.15) is 30.1 Å². The quantitative estimate of drug-likeness (QED) is 0.763. The van der Waals surface area contributed by atoms with Crippen LogP contribution in [0.15, 0.2) is 24.3 Å². The van der Waals surface area contributed by atoms with Crippen LogP contribution in [-0.2, 0) is 19.7 Å². The molecule has 1 aromatic heterocycles. The first-order chi connectivity index (χ1) is 12.6. The normalized spacial score (nSPS) is 42.5. The molecule has 6 atom stereocenters. The number of benzene rings is 1. The molecule has 6 heteroatoms. The number of aliphatic hydroxyl groups is 1. The lowest BCUT2D eigenvalue weighted by molar-refractivity contribution is -0.231. The van der Waals surface area contributed by atoms with Crippen LogP contribution in [0.2, 0.25) is 0 Å². The smallest absolute Gasteiger partial charge is 0.320 e. The fourth-order valence-electron chi connectivity index (χ4n) is 6.38. The highest BCUT2D eigenvalue weighted by molar-refractivity contribution is 5.92. The van der Waals surface area contributed by atoms with Crippen molar-refractivity contribution in [2.75, 3.05) is 26.8 Å². The molecule has 1 aromatic carbocycles. The van der Waals surface area contributed by atoms with E-state index in [9.17, 15) is 9.90 Å². The number of hydrogen-bond donors (Lipinski definition) is 2. The lowest BCUT2D eigenvalue weighted by Gasteiger charge is -2.37. The number of ether oxygens (including phenoxy) is 2. The van der Waals surface area contributed by atoms with Gasteiger partial charge in [-0.2, -0.15) is 0 Å². The molecule has 0 saturated carbocycles. The third-order valence-electron chi connectivity index (χ3n) is 7.40. The third kappa shape index (κ3) is 1.46. The molecule has 3 aliphatic heterocycles. The predicted octanol–water partition coefficient (Wildman–Crippen LogP) is 1.69. The van der Waals surface area contributed by atoms with E-state index in [0.717, 1.165) is 48.1 Å². The molecule has 0 radical (unpaired) electrons. The van der Waals surface area contributed by atoms with Gasteiger partial charge in [-0.05, 0) is 37.6 Å². The summed E-state index contributed by atoms with van der Waals surface area (Å²) in [6, 6.07) is 8.28. The number of esters is 1. The lowest BCUT2D eigenvalue weighted by atomic mass is 9.69. The minimum atomic E-state index is -1.27. The second-order valence-electron chi connectivity index (χ2n) is 8.18. The lowest BCUT2D eigenvalue weighted by Crippen LogP contribution is -2.51. The van der Waals surface area contributed by atoms with Crippen molar-refractivity contribution < 1.29 is 19.4 Å². The SMILES string of the molecule is COC(=O)[C@@]12CO[C@@]3(O)[C@H]1CCN1CC[C@H]3[C@H]1c1c2[nH]c2ccccc12. The zero-order valence-corrected chi connectivity index (χ0v) is 14.7. The molecule has 1 unspecified atom stereocenters. The van der Waals surface area contributed by atoms with Crippen LogP contribution in [0, 0.1) is 11.8 Å². The van der Waals surface area contributed by atoms with Gasteiger partial charge in [0.15, 0.2) is 5.79 Å². The van der Waals surface area contributed by atoms with E-state index in [0.29, 0.717) is 0 Å². The van der Waals surface area contributed by atoms with E-state index in [1.165, 1.54) is 7.11 Å². The number of carbonyl (C=O) groups excluding carboxylic acids is 1. The van der Waals surface area contributed by atoms with E-state index in [2.05, 4.69) is 22.0 Å². The number of para-hydroxylation sites is 1. The number of aromatic nitrogens is 1. The second-order valence-corrected chi connectivity index (χ2v) is 8.18. The molecule has 3 saturated heterocycles. The Balaban J connectivity index is 1.76. The number of nitrogens with zero attached hydrogens (tertiary/aromatic N) is 1. The van der Waals surface area contributed by atoms with Crippen molar-refractivity contribution in [3.05, 3.63) is 35.5 Å². The van der Waals surface area contributed by atoms with E-state index in [-0.39, 0.29) is 30.5 Å². The first-order valence-electron chi connectivity index (χ1n) is 9.41. The van der Waals surface area contributed by atoms with Gasteiger partial charge in [0.2, 0.25) is 0 Å². The molecule has 26 heavy (non-hydrogen) atoms. The molecule has 0 amide bonds. The van der Waals surface area contributed by atoms with Gasteiger partial charge in [-0.1, -0.05) is 18.2 Å². The predicted molar refractivity (Wildman–Crippen MR) is 93.4 cm³/mol. The fourth-order valence-corrected chi connectivity index (χ4v) is 6.38. The number of rotatable bonds is 1. The van der Waals surface area contributed by atoms with Gasteiger partial charge < -0.3 is 19.6 Å². The van der Waals surface area contributed by atoms with Crippen molar-refractivity contribution in [1.29, 1.82) is 0 Å². The molecule has 136 valence electrons. The highest BCUT2D eigenvalue weighted by Gasteiger charge is 2.72. The Morgan fingerprint density at radius 2 is 2.15 bits per heavy atom. The van der Waals surface area contributed by atoms with Gasteiger partial charge in [0.1, 0.15) is 5.41 Å². The van der Waals surface area contributed by atoms with Gasteiger partial charge in [-0.3, -0.25) is 9.69 Å². The Hall–Kier alpha value is -1.89. The number of hydrogen-bond acceptors (Lipinski definition) is 5. The molecular weight excluding hydrogens is 332 g/mol. The number of methoxy groups -OCH3 is 1. The molecule has 1 aliphatic carbocycles. The van der Waals surface area contributed by atoms with Crippen LogP contribution in [0.3, 0.4) is 0 Å². The summed E-state index contributed by atoms with van der Waals surface area (Å²) in [5.74, 6) is -1.90. The van der Waals surface area contributed by atoms with Crippen molar-refractivity contribution in [3.63, 3.8) is 0 Å². The van der Waals surface area contributed by atoms with Gasteiger partial charge >= 0.3 is 5.97 Å². The summed E-state index contributed by atoms with van der Waals surface area (Å²) in [6.45, 7) is 2.00. The van der Waals surface area contributed by atoms with Crippen molar-refractivity contribution in [3.8, 4) is 0 Å². The summed E-state index contributed by atoms with van der Waals surface area (Å²) in [5.41, 5.74) is 2.13. The second kappa shape index (κ2) is 4.68. The Kier molecular flexibility index (Phi) is 2.74. The molecule has 2 aromatic rings. The number of H-pyrrole nitrogens is 1. The van der Waals surface area contributed by atoms with Crippen molar-refractivity contribution >= 4 is 16.9 Å². The summed E-state index contributed by atoms with van der Waals surface area (Å²) in [4.78, 5) is 19.1. The minimum Gasteiger partial charge on any atom is -0.468 e. The molecule has 4 aliphatic rings. The Morgan fingerprint density at radius 1 is 1.35 bits per heavy atom.